The van der Waals surface area contributed by atoms with Crippen molar-refractivity contribution in [3.63, 3.8) is 0 Å². The van der Waals surface area contributed by atoms with E-state index in [0.29, 0.717) is 24.2 Å². The first-order valence-electron chi connectivity index (χ1n) is 9.38. The summed E-state index contributed by atoms with van der Waals surface area (Å²) in [5.74, 6) is 3.42. The molecule has 0 unspecified atom stereocenters. The largest absolute Gasteiger partial charge is 0.326 e. The average Bonchev–Trinajstić information content (AvgIpc) is 3.09. The third kappa shape index (κ3) is 3.46. The molecule has 0 aromatic heterocycles. The van der Waals surface area contributed by atoms with E-state index in [1.807, 2.05) is 0 Å². The second kappa shape index (κ2) is 6.67. The van der Waals surface area contributed by atoms with Crippen molar-refractivity contribution in [1.82, 2.24) is 0 Å². The first-order valence-corrected chi connectivity index (χ1v) is 9.38. The van der Waals surface area contributed by atoms with Crippen LogP contribution in [-0.2, 0) is 4.79 Å². The van der Waals surface area contributed by atoms with Crippen molar-refractivity contribution in [2.24, 2.45) is 17.8 Å². The van der Waals surface area contributed by atoms with Gasteiger partial charge in [0, 0.05) is 12.1 Å². The van der Waals surface area contributed by atoms with Crippen LogP contribution in [0.2, 0.25) is 0 Å². The highest BCUT2D eigenvalue weighted by Gasteiger charge is 2.40. The molecule has 3 atom stereocenters. The van der Waals surface area contributed by atoms with Gasteiger partial charge in [0.15, 0.2) is 0 Å². The molecule has 1 amide bonds. The lowest BCUT2D eigenvalue weighted by molar-refractivity contribution is -0.117. The zero-order valence-corrected chi connectivity index (χ0v) is 15.1. The molecule has 3 rings (SSSR count). The molecule has 2 nitrogen and oxygen atoms in total. The van der Waals surface area contributed by atoms with Crippen LogP contribution in [0.5, 0.6) is 0 Å². The predicted molar refractivity (Wildman–Crippen MR) is 96.8 cm³/mol. The zero-order valence-electron chi connectivity index (χ0n) is 15.1. The Morgan fingerprint density at radius 3 is 2.22 bits per heavy atom. The lowest BCUT2D eigenvalue weighted by Crippen LogP contribution is -2.21. The summed E-state index contributed by atoms with van der Waals surface area (Å²) in [6, 6.07) is 6.43. The Morgan fingerprint density at radius 1 is 1.09 bits per heavy atom. The number of hydrogen-bond acceptors (Lipinski definition) is 1. The van der Waals surface area contributed by atoms with E-state index >= 15 is 0 Å². The van der Waals surface area contributed by atoms with Crippen LogP contribution in [0, 0.1) is 17.8 Å². The van der Waals surface area contributed by atoms with Gasteiger partial charge in [-0.25, -0.2) is 0 Å². The van der Waals surface area contributed by atoms with Gasteiger partial charge in [-0.1, -0.05) is 52.3 Å². The number of carbonyl (C=O) groups excluding carboxylic acids is 1. The van der Waals surface area contributed by atoms with Gasteiger partial charge in [0.1, 0.15) is 0 Å². The Kier molecular flexibility index (Phi) is 4.79. The van der Waals surface area contributed by atoms with Crippen molar-refractivity contribution in [2.45, 2.75) is 71.6 Å². The molecule has 0 spiro atoms. The molecule has 0 heterocycles. The number of benzene rings is 1. The maximum Gasteiger partial charge on any atom is 0.224 e. The van der Waals surface area contributed by atoms with Crippen molar-refractivity contribution in [3.05, 3.63) is 29.3 Å². The summed E-state index contributed by atoms with van der Waals surface area (Å²) in [6.07, 6.45) is 6.11. The summed E-state index contributed by atoms with van der Waals surface area (Å²) < 4.78 is 0. The molecular formula is C21H31NO. The van der Waals surface area contributed by atoms with Crippen LogP contribution in [0.25, 0.3) is 0 Å². The van der Waals surface area contributed by atoms with Crippen LogP contribution in [0.15, 0.2) is 18.2 Å². The molecule has 2 saturated carbocycles. The minimum Gasteiger partial charge on any atom is -0.326 e. The second-order valence-electron chi connectivity index (χ2n) is 8.31. The molecule has 23 heavy (non-hydrogen) atoms. The number of hydrogen-bond donors (Lipinski definition) is 1. The highest BCUT2D eigenvalue weighted by molar-refractivity contribution is 5.93. The van der Waals surface area contributed by atoms with E-state index in [1.165, 1.54) is 36.8 Å². The Balaban J connectivity index is 1.74. The lowest BCUT2D eigenvalue weighted by Gasteiger charge is -2.23. The predicted octanol–water partition coefficient (Wildman–Crippen LogP) is 5.70. The monoisotopic (exact) mass is 313 g/mol. The SMILES string of the molecule is CC(C)c1cccc(C(C)C)c1NC(=O)C[C@H]1C[C@H]2CC[C@@H]1C2. The third-order valence-corrected chi connectivity index (χ3v) is 5.97. The highest BCUT2D eigenvalue weighted by atomic mass is 16.1. The molecule has 126 valence electrons. The van der Waals surface area contributed by atoms with E-state index in [4.69, 9.17) is 0 Å². The van der Waals surface area contributed by atoms with Crippen LogP contribution in [-0.4, -0.2) is 5.91 Å². The molecule has 2 aliphatic carbocycles. The van der Waals surface area contributed by atoms with Crippen molar-refractivity contribution in [2.75, 3.05) is 5.32 Å². The van der Waals surface area contributed by atoms with Crippen LogP contribution in [0.3, 0.4) is 0 Å². The second-order valence-corrected chi connectivity index (χ2v) is 8.31. The standard InChI is InChI=1S/C21H31NO/c1-13(2)18-6-5-7-19(14(3)4)21(18)22-20(23)12-17-11-15-8-9-16(17)10-15/h5-7,13-17H,8-12H2,1-4H3,(H,22,23)/t15-,16+,17+/m0/s1. The van der Waals surface area contributed by atoms with E-state index in [0.717, 1.165) is 17.5 Å². The van der Waals surface area contributed by atoms with Crippen LogP contribution >= 0.6 is 0 Å². The Bertz CT molecular complexity index is 549. The van der Waals surface area contributed by atoms with E-state index in [-0.39, 0.29) is 5.91 Å². The molecule has 2 aliphatic rings. The summed E-state index contributed by atoms with van der Waals surface area (Å²) in [4.78, 5) is 12.7. The molecule has 0 aliphatic heterocycles. The topological polar surface area (TPSA) is 29.1 Å². The van der Waals surface area contributed by atoms with Gasteiger partial charge in [0.05, 0.1) is 0 Å². The fourth-order valence-electron chi connectivity index (χ4n) is 4.75. The number of nitrogens with one attached hydrogen (secondary N) is 1. The number of carbonyl (C=O) groups is 1. The van der Waals surface area contributed by atoms with E-state index < -0.39 is 0 Å². The quantitative estimate of drug-likeness (QED) is 0.742. The third-order valence-electron chi connectivity index (χ3n) is 5.97. The van der Waals surface area contributed by atoms with Gasteiger partial charge in [0.25, 0.3) is 0 Å². The molecule has 2 bridgehead atoms. The first-order chi connectivity index (χ1) is 11.0. The van der Waals surface area contributed by atoms with Crippen molar-refractivity contribution in [1.29, 1.82) is 0 Å². The molecule has 2 heteroatoms. The highest BCUT2D eigenvalue weighted by Crippen LogP contribution is 2.49. The first kappa shape index (κ1) is 16.5. The summed E-state index contributed by atoms with van der Waals surface area (Å²) in [7, 11) is 0. The van der Waals surface area contributed by atoms with Crippen molar-refractivity contribution < 1.29 is 4.79 Å². The van der Waals surface area contributed by atoms with E-state index in [9.17, 15) is 4.79 Å². The molecular weight excluding hydrogens is 282 g/mol. The molecule has 1 aromatic carbocycles. The Labute approximate surface area is 141 Å². The average molecular weight is 313 g/mol. The summed E-state index contributed by atoms with van der Waals surface area (Å²) in [5.41, 5.74) is 3.60. The minimum atomic E-state index is 0.220. The fraction of sp³-hybridized carbons (Fsp3) is 0.667. The summed E-state index contributed by atoms with van der Waals surface area (Å²) in [5, 5.41) is 3.29. The number of amides is 1. The maximum absolute atomic E-state index is 12.7. The summed E-state index contributed by atoms with van der Waals surface area (Å²) >= 11 is 0. The van der Waals surface area contributed by atoms with Crippen molar-refractivity contribution in [3.8, 4) is 0 Å². The van der Waals surface area contributed by atoms with Gasteiger partial charge in [-0.3, -0.25) is 4.79 Å². The van der Waals surface area contributed by atoms with Gasteiger partial charge >= 0.3 is 0 Å². The minimum absolute atomic E-state index is 0.220. The molecule has 1 N–H and O–H groups in total. The summed E-state index contributed by atoms with van der Waals surface area (Å²) in [6.45, 7) is 8.80. The van der Waals surface area contributed by atoms with E-state index in [2.05, 4.69) is 51.2 Å². The maximum atomic E-state index is 12.7. The zero-order chi connectivity index (χ0) is 16.6. The van der Waals surface area contributed by atoms with Crippen LogP contribution in [0.1, 0.15) is 82.8 Å². The number of para-hydroxylation sites is 1. The van der Waals surface area contributed by atoms with Gasteiger partial charge in [-0.05, 0) is 60.0 Å². The molecule has 2 fully saturated rings. The van der Waals surface area contributed by atoms with Gasteiger partial charge in [-0.2, -0.15) is 0 Å². The van der Waals surface area contributed by atoms with Crippen molar-refractivity contribution >= 4 is 11.6 Å². The lowest BCUT2D eigenvalue weighted by atomic mass is 9.86. The van der Waals surface area contributed by atoms with E-state index in [1.54, 1.807) is 0 Å². The van der Waals surface area contributed by atoms with Crippen LogP contribution in [0.4, 0.5) is 5.69 Å². The van der Waals surface area contributed by atoms with Gasteiger partial charge < -0.3 is 5.32 Å². The van der Waals surface area contributed by atoms with Gasteiger partial charge in [0.2, 0.25) is 5.91 Å². The Hall–Kier alpha value is -1.31. The number of fused-ring (bicyclic) bond motifs is 2. The smallest absolute Gasteiger partial charge is 0.224 e. The van der Waals surface area contributed by atoms with Gasteiger partial charge in [-0.15, -0.1) is 0 Å². The fourth-order valence-corrected chi connectivity index (χ4v) is 4.75. The molecule has 0 radical (unpaired) electrons. The molecule has 1 aromatic rings. The number of rotatable bonds is 5. The Morgan fingerprint density at radius 2 is 1.74 bits per heavy atom. The number of anilines is 1. The normalized spacial score (nSPS) is 26.3. The van der Waals surface area contributed by atoms with Crippen LogP contribution < -0.4 is 5.32 Å². The molecule has 0 saturated heterocycles.